The first-order valence-corrected chi connectivity index (χ1v) is 6.80. The molecule has 2 rings (SSSR count). The Morgan fingerprint density at radius 3 is 2.60 bits per heavy atom. The Morgan fingerprint density at radius 2 is 2.05 bits per heavy atom. The van der Waals surface area contributed by atoms with Crippen LogP contribution in [0.15, 0.2) is 6.07 Å². The third-order valence-electron chi connectivity index (χ3n) is 3.15. The molecule has 1 fully saturated rings. The van der Waals surface area contributed by atoms with Gasteiger partial charge in [0.1, 0.15) is 17.5 Å². The monoisotopic (exact) mass is 288 g/mol. The lowest BCUT2D eigenvalue weighted by atomic mass is 10.3. The van der Waals surface area contributed by atoms with E-state index < -0.39 is 12.6 Å². The van der Waals surface area contributed by atoms with E-state index in [1.54, 1.807) is 13.1 Å². The molecule has 1 aromatic rings. The number of aromatic nitrogens is 2. The molecule has 1 aliphatic rings. The summed E-state index contributed by atoms with van der Waals surface area (Å²) in [4.78, 5) is 10.3. The number of hydrogen-bond donors (Lipinski definition) is 1. The van der Waals surface area contributed by atoms with E-state index in [0.717, 1.165) is 18.7 Å². The predicted molar refractivity (Wildman–Crippen MR) is 72.1 cm³/mol. The highest BCUT2D eigenvalue weighted by molar-refractivity contribution is 5.49. The molecule has 112 valence electrons. The largest absolute Gasteiger partial charge is 0.390 e. The van der Waals surface area contributed by atoms with Gasteiger partial charge in [0.05, 0.1) is 6.42 Å². The molecule has 0 amide bonds. The fourth-order valence-corrected chi connectivity index (χ4v) is 1.85. The van der Waals surface area contributed by atoms with Crippen LogP contribution in [0, 0.1) is 0 Å². The topological polar surface area (TPSA) is 41.0 Å². The van der Waals surface area contributed by atoms with Crippen LogP contribution in [0.25, 0.3) is 0 Å². The molecular weight excluding hydrogens is 269 g/mol. The summed E-state index contributed by atoms with van der Waals surface area (Å²) >= 11 is 0. The first kappa shape index (κ1) is 14.9. The molecule has 20 heavy (non-hydrogen) atoms. The van der Waals surface area contributed by atoms with Gasteiger partial charge in [0, 0.05) is 32.1 Å². The molecule has 1 aromatic heterocycles. The van der Waals surface area contributed by atoms with Gasteiger partial charge in [-0.15, -0.1) is 0 Å². The molecule has 1 heterocycles. The Bertz CT molecular complexity index is 457. The van der Waals surface area contributed by atoms with Crippen LogP contribution >= 0.6 is 0 Å². The van der Waals surface area contributed by atoms with E-state index in [4.69, 9.17) is 0 Å². The molecule has 0 aliphatic heterocycles. The van der Waals surface area contributed by atoms with Crippen LogP contribution in [0.1, 0.15) is 37.9 Å². The molecule has 0 spiro atoms. The van der Waals surface area contributed by atoms with Crippen molar-refractivity contribution in [3.05, 3.63) is 11.9 Å². The molecule has 0 saturated heterocycles. The van der Waals surface area contributed by atoms with Crippen molar-refractivity contribution in [2.45, 2.75) is 38.3 Å². The number of anilines is 2. The van der Waals surface area contributed by atoms with E-state index in [-0.39, 0.29) is 6.54 Å². The van der Waals surface area contributed by atoms with Gasteiger partial charge in [-0.1, -0.05) is 0 Å². The van der Waals surface area contributed by atoms with Gasteiger partial charge in [0.25, 0.3) is 0 Å². The molecule has 4 nitrogen and oxygen atoms in total. The number of nitrogens with one attached hydrogen (secondary N) is 1. The minimum absolute atomic E-state index is 0.101. The van der Waals surface area contributed by atoms with E-state index in [9.17, 15) is 13.2 Å². The van der Waals surface area contributed by atoms with Crippen molar-refractivity contribution in [2.24, 2.45) is 0 Å². The Hall–Kier alpha value is -1.53. The lowest BCUT2D eigenvalue weighted by Gasteiger charge is -2.20. The fourth-order valence-electron chi connectivity index (χ4n) is 1.85. The third-order valence-corrected chi connectivity index (χ3v) is 3.15. The van der Waals surface area contributed by atoms with Crippen molar-refractivity contribution in [2.75, 3.05) is 30.4 Å². The molecule has 7 heteroatoms. The first-order chi connectivity index (χ1) is 9.39. The van der Waals surface area contributed by atoms with Gasteiger partial charge < -0.3 is 10.2 Å². The van der Waals surface area contributed by atoms with Gasteiger partial charge >= 0.3 is 6.18 Å². The van der Waals surface area contributed by atoms with E-state index in [2.05, 4.69) is 15.3 Å². The number of hydrogen-bond acceptors (Lipinski definition) is 4. The molecule has 1 saturated carbocycles. The quantitative estimate of drug-likeness (QED) is 0.873. The molecule has 0 aromatic carbocycles. The number of alkyl halides is 3. The van der Waals surface area contributed by atoms with Crippen LogP contribution in [0.2, 0.25) is 0 Å². The van der Waals surface area contributed by atoms with Gasteiger partial charge in [-0.2, -0.15) is 13.2 Å². The summed E-state index contributed by atoms with van der Waals surface area (Å²) in [6.45, 7) is 2.56. The Morgan fingerprint density at radius 1 is 1.35 bits per heavy atom. The minimum atomic E-state index is -4.15. The van der Waals surface area contributed by atoms with Crippen molar-refractivity contribution >= 4 is 11.6 Å². The summed E-state index contributed by atoms with van der Waals surface area (Å²) in [6.07, 6.45) is -2.88. The molecule has 0 bridgehead atoms. The maximum absolute atomic E-state index is 12.3. The van der Waals surface area contributed by atoms with Crippen molar-refractivity contribution in [3.8, 4) is 0 Å². The van der Waals surface area contributed by atoms with Crippen molar-refractivity contribution in [1.82, 2.24) is 9.97 Å². The zero-order valence-electron chi connectivity index (χ0n) is 11.7. The van der Waals surface area contributed by atoms with Crippen LogP contribution in [-0.4, -0.2) is 36.3 Å². The van der Waals surface area contributed by atoms with Crippen molar-refractivity contribution in [3.63, 3.8) is 0 Å². The van der Waals surface area contributed by atoms with Crippen molar-refractivity contribution < 1.29 is 13.2 Å². The zero-order valence-corrected chi connectivity index (χ0v) is 11.7. The van der Waals surface area contributed by atoms with Crippen LogP contribution in [-0.2, 0) is 0 Å². The number of nitrogens with zero attached hydrogens (tertiary/aromatic N) is 3. The number of halogens is 3. The second-order valence-corrected chi connectivity index (χ2v) is 5.06. The van der Waals surface area contributed by atoms with Crippen LogP contribution in [0.4, 0.5) is 24.8 Å². The van der Waals surface area contributed by atoms with Gasteiger partial charge in [0.2, 0.25) is 0 Å². The first-order valence-electron chi connectivity index (χ1n) is 6.80. The SMILES string of the molecule is CCNc1cc(N(C)CCC(F)(F)F)nc(C2CC2)n1. The third kappa shape index (κ3) is 4.25. The standard InChI is InChI=1S/C13H19F3N4/c1-3-17-10-8-11(19-12(18-10)9-4-5-9)20(2)7-6-13(14,15)16/h8-9H,3-7H2,1-2H3,(H,17,18,19). The summed E-state index contributed by atoms with van der Waals surface area (Å²) in [5, 5.41) is 3.10. The lowest BCUT2D eigenvalue weighted by molar-refractivity contribution is -0.132. The second-order valence-electron chi connectivity index (χ2n) is 5.06. The van der Waals surface area contributed by atoms with E-state index in [1.807, 2.05) is 6.92 Å². The molecule has 1 N–H and O–H groups in total. The van der Waals surface area contributed by atoms with Crippen LogP contribution < -0.4 is 10.2 Å². The normalized spacial score (nSPS) is 15.2. The highest BCUT2D eigenvalue weighted by Gasteiger charge is 2.29. The highest BCUT2D eigenvalue weighted by Crippen LogP contribution is 2.39. The minimum Gasteiger partial charge on any atom is -0.370 e. The molecule has 0 atom stereocenters. The Kier molecular flexibility index (Phi) is 4.35. The Balaban J connectivity index is 2.12. The summed E-state index contributed by atoms with van der Waals surface area (Å²) in [5.74, 6) is 2.32. The second kappa shape index (κ2) is 5.85. The van der Waals surface area contributed by atoms with Crippen LogP contribution in [0.5, 0.6) is 0 Å². The van der Waals surface area contributed by atoms with E-state index >= 15 is 0 Å². The van der Waals surface area contributed by atoms with Gasteiger partial charge in [0.15, 0.2) is 0 Å². The molecule has 0 radical (unpaired) electrons. The average molecular weight is 288 g/mol. The predicted octanol–water partition coefficient (Wildman–Crippen LogP) is 3.17. The Labute approximate surface area is 116 Å². The van der Waals surface area contributed by atoms with Gasteiger partial charge in [-0.25, -0.2) is 9.97 Å². The fraction of sp³-hybridized carbons (Fsp3) is 0.692. The number of rotatable bonds is 6. The molecule has 0 unspecified atom stereocenters. The highest BCUT2D eigenvalue weighted by atomic mass is 19.4. The van der Waals surface area contributed by atoms with E-state index in [0.29, 0.717) is 24.1 Å². The zero-order chi connectivity index (χ0) is 14.8. The molecule has 1 aliphatic carbocycles. The van der Waals surface area contributed by atoms with Crippen LogP contribution in [0.3, 0.4) is 0 Å². The average Bonchev–Trinajstić information content (AvgIpc) is 3.19. The summed E-state index contributed by atoms with van der Waals surface area (Å²) in [5.41, 5.74) is 0. The maximum Gasteiger partial charge on any atom is 0.390 e. The smallest absolute Gasteiger partial charge is 0.370 e. The summed E-state index contributed by atoms with van der Waals surface area (Å²) in [6, 6.07) is 1.70. The van der Waals surface area contributed by atoms with Gasteiger partial charge in [-0.3, -0.25) is 0 Å². The van der Waals surface area contributed by atoms with E-state index in [1.165, 1.54) is 4.90 Å². The summed E-state index contributed by atoms with van der Waals surface area (Å²) < 4.78 is 36.8. The van der Waals surface area contributed by atoms with Crippen molar-refractivity contribution in [1.29, 1.82) is 0 Å². The molecular formula is C13H19F3N4. The summed E-state index contributed by atoms with van der Waals surface area (Å²) in [7, 11) is 1.63. The lowest BCUT2D eigenvalue weighted by Crippen LogP contribution is -2.25. The van der Waals surface area contributed by atoms with Gasteiger partial charge in [-0.05, 0) is 19.8 Å². The maximum atomic E-state index is 12.3.